The monoisotopic (exact) mass is 308 g/mol. The van der Waals surface area contributed by atoms with E-state index >= 15 is 0 Å². The van der Waals surface area contributed by atoms with Crippen molar-refractivity contribution >= 4 is 11.6 Å². The van der Waals surface area contributed by atoms with Gasteiger partial charge >= 0.3 is 0 Å². The minimum atomic E-state index is 0.0378. The number of ether oxygens (including phenoxy) is 3. The second-order valence-electron chi connectivity index (χ2n) is 5.09. The number of carbonyl (C=O) groups is 1. The van der Waals surface area contributed by atoms with Crippen molar-refractivity contribution in [1.82, 2.24) is 4.90 Å². The SMILES string of the molecule is COCCOCC(=O)N1CCN(c2ccccc2OC)CC1. The molecule has 22 heavy (non-hydrogen) atoms. The minimum absolute atomic E-state index is 0.0378. The molecule has 1 saturated heterocycles. The lowest BCUT2D eigenvalue weighted by atomic mass is 10.2. The highest BCUT2D eigenvalue weighted by atomic mass is 16.5. The van der Waals surface area contributed by atoms with Crippen LogP contribution in [0.2, 0.25) is 0 Å². The van der Waals surface area contributed by atoms with Gasteiger partial charge in [0.25, 0.3) is 0 Å². The number of anilines is 1. The lowest BCUT2D eigenvalue weighted by Crippen LogP contribution is -2.49. The highest BCUT2D eigenvalue weighted by Gasteiger charge is 2.22. The molecule has 0 atom stereocenters. The Morgan fingerprint density at radius 3 is 2.50 bits per heavy atom. The van der Waals surface area contributed by atoms with Crippen LogP contribution in [-0.2, 0) is 14.3 Å². The van der Waals surface area contributed by atoms with Crippen molar-refractivity contribution in [3.05, 3.63) is 24.3 Å². The van der Waals surface area contributed by atoms with Gasteiger partial charge in [0.1, 0.15) is 12.4 Å². The molecule has 0 saturated carbocycles. The zero-order valence-electron chi connectivity index (χ0n) is 13.3. The Kier molecular flexibility index (Phi) is 6.48. The maximum atomic E-state index is 12.0. The van der Waals surface area contributed by atoms with Gasteiger partial charge in [-0.1, -0.05) is 12.1 Å². The fourth-order valence-electron chi connectivity index (χ4n) is 2.48. The quantitative estimate of drug-likeness (QED) is 0.704. The number of methoxy groups -OCH3 is 2. The third-order valence-corrected chi connectivity index (χ3v) is 3.72. The molecular formula is C16H24N2O4. The summed E-state index contributed by atoms with van der Waals surface area (Å²) in [6.07, 6.45) is 0. The Labute approximate surface area is 131 Å². The van der Waals surface area contributed by atoms with Crippen LogP contribution < -0.4 is 9.64 Å². The van der Waals surface area contributed by atoms with Gasteiger partial charge in [0.15, 0.2) is 0 Å². The summed E-state index contributed by atoms with van der Waals surface area (Å²) in [4.78, 5) is 16.1. The van der Waals surface area contributed by atoms with Crippen molar-refractivity contribution in [2.75, 3.05) is 65.1 Å². The van der Waals surface area contributed by atoms with Crippen molar-refractivity contribution in [3.63, 3.8) is 0 Å². The number of piperazine rings is 1. The second kappa shape index (κ2) is 8.60. The molecule has 6 nitrogen and oxygen atoms in total. The van der Waals surface area contributed by atoms with E-state index in [0.29, 0.717) is 26.3 Å². The molecule has 0 N–H and O–H groups in total. The van der Waals surface area contributed by atoms with E-state index in [2.05, 4.69) is 4.90 Å². The fraction of sp³-hybridized carbons (Fsp3) is 0.562. The van der Waals surface area contributed by atoms with Gasteiger partial charge in [-0.2, -0.15) is 0 Å². The summed E-state index contributed by atoms with van der Waals surface area (Å²) in [6.45, 7) is 4.07. The Balaban J connectivity index is 1.81. The highest BCUT2D eigenvalue weighted by molar-refractivity contribution is 5.77. The average molecular weight is 308 g/mol. The number of benzene rings is 1. The molecule has 1 fully saturated rings. The van der Waals surface area contributed by atoms with E-state index in [1.54, 1.807) is 14.2 Å². The first-order valence-corrected chi connectivity index (χ1v) is 7.48. The summed E-state index contributed by atoms with van der Waals surface area (Å²) < 4.78 is 15.6. The molecule has 0 bridgehead atoms. The lowest BCUT2D eigenvalue weighted by molar-refractivity contribution is -0.136. The topological polar surface area (TPSA) is 51.2 Å². The van der Waals surface area contributed by atoms with Crippen molar-refractivity contribution in [1.29, 1.82) is 0 Å². The van der Waals surface area contributed by atoms with E-state index in [-0.39, 0.29) is 12.5 Å². The molecule has 0 spiro atoms. The minimum Gasteiger partial charge on any atom is -0.495 e. The van der Waals surface area contributed by atoms with E-state index in [4.69, 9.17) is 14.2 Å². The number of nitrogens with zero attached hydrogens (tertiary/aromatic N) is 2. The van der Waals surface area contributed by atoms with E-state index in [1.165, 1.54) is 0 Å². The fourth-order valence-corrected chi connectivity index (χ4v) is 2.48. The normalized spacial score (nSPS) is 15.0. The molecule has 1 aliphatic rings. The number of hydrogen-bond acceptors (Lipinski definition) is 5. The van der Waals surface area contributed by atoms with Gasteiger partial charge in [-0.25, -0.2) is 0 Å². The molecule has 1 heterocycles. The summed E-state index contributed by atoms with van der Waals surface area (Å²) >= 11 is 0. The number of hydrogen-bond donors (Lipinski definition) is 0. The summed E-state index contributed by atoms with van der Waals surface area (Å²) in [7, 11) is 3.29. The first-order valence-electron chi connectivity index (χ1n) is 7.48. The van der Waals surface area contributed by atoms with Gasteiger partial charge in [-0.15, -0.1) is 0 Å². The van der Waals surface area contributed by atoms with E-state index < -0.39 is 0 Å². The molecule has 0 aromatic heterocycles. The van der Waals surface area contributed by atoms with Gasteiger partial charge < -0.3 is 24.0 Å². The third-order valence-electron chi connectivity index (χ3n) is 3.72. The zero-order chi connectivity index (χ0) is 15.8. The smallest absolute Gasteiger partial charge is 0.248 e. The number of amides is 1. The first kappa shape index (κ1) is 16.6. The molecule has 1 aliphatic heterocycles. The lowest BCUT2D eigenvalue weighted by Gasteiger charge is -2.36. The van der Waals surface area contributed by atoms with Crippen LogP contribution in [0.5, 0.6) is 5.75 Å². The molecule has 2 rings (SSSR count). The molecule has 0 radical (unpaired) electrons. The van der Waals surface area contributed by atoms with Crippen molar-refractivity contribution in [3.8, 4) is 5.75 Å². The largest absolute Gasteiger partial charge is 0.495 e. The molecule has 0 aliphatic carbocycles. The maximum Gasteiger partial charge on any atom is 0.248 e. The summed E-state index contributed by atoms with van der Waals surface area (Å²) in [6, 6.07) is 7.96. The van der Waals surface area contributed by atoms with Crippen LogP contribution in [0.1, 0.15) is 0 Å². The van der Waals surface area contributed by atoms with Gasteiger partial charge in [0.2, 0.25) is 5.91 Å². The average Bonchev–Trinajstić information content (AvgIpc) is 2.58. The number of para-hydroxylation sites is 2. The standard InChI is InChI=1S/C16H24N2O4/c1-20-11-12-22-13-16(19)18-9-7-17(8-10-18)14-5-3-4-6-15(14)21-2/h3-6H,7-13H2,1-2H3. The van der Waals surface area contributed by atoms with E-state index in [0.717, 1.165) is 24.5 Å². The first-order chi connectivity index (χ1) is 10.8. The Morgan fingerprint density at radius 2 is 1.82 bits per heavy atom. The van der Waals surface area contributed by atoms with E-state index in [1.807, 2.05) is 29.2 Å². The summed E-state index contributed by atoms with van der Waals surface area (Å²) in [5.41, 5.74) is 1.08. The molecule has 1 aromatic carbocycles. The molecular weight excluding hydrogens is 284 g/mol. The van der Waals surface area contributed by atoms with Crippen LogP contribution in [-0.4, -0.2) is 71.0 Å². The molecule has 1 aromatic rings. The maximum absolute atomic E-state index is 12.0. The van der Waals surface area contributed by atoms with Crippen molar-refractivity contribution < 1.29 is 19.0 Å². The van der Waals surface area contributed by atoms with Gasteiger partial charge in [-0.3, -0.25) is 4.79 Å². The van der Waals surface area contributed by atoms with Crippen molar-refractivity contribution in [2.24, 2.45) is 0 Å². The molecule has 6 heteroatoms. The molecule has 1 amide bonds. The van der Waals surface area contributed by atoms with Crippen molar-refractivity contribution in [2.45, 2.75) is 0 Å². The van der Waals surface area contributed by atoms with Crippen LogP contribution in [0.25, 0.3) is 0 Å². The zero-order valence-corrected chi connectivity index (χ0v) is 13.3. The summed E-state index contributed by atoms with van der Waals surface area (Å²) in [5, 5.41) is 0. The second-order valence-corrected chi connectivity index (χ2v) is 5.09. The van der Waals surface area contributed by atoms with Crippen LogP contribution in [0.4, 0.5) is 5.69 Å². The Morgan fingerprint density at radius 1 is 1.09 bits per heavy atom. The Bertz CT molecular complexity index is 473. The molecule has 0 unspecified atom stereocenters. The van der Waals surface area contributed by atoms with Gasteiger partial charge in [0, 0.05) is 33.3 Å². The van der Waals surface area contributed by atoms with Gasteiger partial charge in [-0.05, 0) is 12.1 Å². The number of rotatable bonds is 7. The third kappa shape index (κ3) is 4.35. The predicted molar refractivity (Wildman–Crippen MR) is 84.5 cm³/mol. The van der Waals surface area contributed by atoms with Crippen LogP contribution in [0, 0.1) is 0 Å². The van der Waals surface area contributed by atoms with Gasteiger partial charge in [0.05, 0.1) is 26.0 Å². The summed E-state index contributed by atoms with van der Waals surface area (Å²) in [5.74, 6) is 0.904. The van der Waals surface area contributed by atoms with E-state index in [9.17, 15) is 4.79 Å². The van der Waals surface area contributed by atoms with Crippen LogP contribution in [0.15, 0.2) is 24.3 Å². The van der Waals surface area contributed by atoms with Crippen LogP contribution >= 0.6 is 0 Å². The Hall–Kier alpha value is -1.79. The highest BCUT2D eigenvalue weighted by Crippen LogP contribution is 2.28. The van der Waals surface area contributed by atoms with Crippen LogP contribution in [0.3, 0.4) is 0 Å². The molecule has 122 valence electrons. The predicted octanol–water partition coefficient (Wildman–Crippen LogP) is 1.01. The number of carbonyl (C=O) groups excluding carboxylic acids is 1.